The molecule has 1 aliphatic heterocycles. The molecule has 0 saturated carbocycles. The molecular weight excluding hydrogens is 520 g/mol. The lowest BCUT2D eigenvalue weighted by Gasteiger charge is -2.36. The molecule has 1 saturated heterocycles. The van der Waals surface area contributed by atoms with Crippen LogP contribution in [0.3, 0.4) is 0 Å². The van der Waals surface area contributed by atoms with E-state index in [1.54, 1.807) is 28.9 Å². The molecule has 204 valence electrons. The van der Waals surface area contributed by atoms with E-state index in [4.69, 9.17) is 4.74 Å². The molecule has 40 heavy (non-hydrogen) atoms. The fourth-order valence-electron chi connectivity index (χ4n) is 5.24. The van der Waals surface area contributed by atoms with Crippen LogP contribution >= 0.6 is 0 Å². The van der Waals surface area contributed by atoms with Crippen LogP contribution in [-0.4, -0.2) is 55.9 Å². The quantitative estimate of drug-likeness (QED) is 0.250. The predicted octanol–water partition coefficient (Wildman–Crippen LogP) is 5.58. The Hall–Kier alpha value is -4.14. The van der Waals surface area contributed by atoms with Crippen LogP contribution in [0.15, 0.2) is 113 Å². The van der Waals surface area contributed by atoms with Gasteiger partial charge in [-0.3, -0.25) is 4.90 Å². The minimum atomic E-state index is -3.84. The molecule has 0 amide bonds. The molecule has 0 spiro atoms. The third kappa shape index (κ3) is 5.20. The van der Waals surface area contributed by atoms with E-state index in [1.165, 1.54) is 5.56 Å². The SMILES string of the molecule is CCOc1ccc(-n2nc(S(=O)(=O)c3ccccc3)c3cc(N4CCN(Cc5ccccc5)CC4)ccc32)cc1. The van der Waals surface area contributed by atoms with E-state index in [-0.39, 0.29) is 9.92 Å². The van der Waals surface area contributed by atoms with Gasteiger partial charge in [0.05, 0.1) is 22.7 Å². The van der Waals surface area contributed by atoms with Gasteiger partial charge in [0.25, 0.3) is 0 Å². The number of fused-ring (bicyclic) bond motifs is 1. The molecule has 1 aromatic heterocycles. The number of nitrogens with zero attached hydrogens (tertiary/aromatic N) is 4. The number of sulfone groups is 1. The summed E-state index contributed by atoms with van der Waals surface area (Å²) < 4.78 is 34.9. The summed E-state index contributed by atoms with van der Waals surface area (Å²) in [5.74, 6) is 0.758. The predicted molar refractivity (Wildman–Crippen MR) is 158 cm³/mol. The summed E-state index contributed by atoms with van der Waals surface area (Å²) in [5, 5.41) is 5.36. The summed E-state index contributed by atoms with van der Waals surface area (Å²) in [4.78, 5) is 5.02. The molecule has 6 rings (SSSR count). The Bertz CT molecular complexity index is 1690. The zero-order valence-electron chi connectivity index (χ0n) is 22.5. The molecule has 7 nitrogen and oxygen atoms in total. The summed E-state index contributed by atoms with van der Waals surface area (Å²) in [6, 6.07) is 32.6. The van der Waals surface area contributed by atoms with E-state index in [1.807, 2.05) is 55.5 Å². The Morgan fingerprint density at radius 2 is 1.43 bits per heavy atom. The zero-order valence-corrected chi connectivity index (χ0v) is 23.3. The Balaban J connectivity index is 1.35. The minimum absolute atomic E-state index is 0.0622. The first-order valence-electron chi connectivity index (χ1n) is 13.6. The number of ether oxygens (including phenoxy) is 1. The molecule has 0 bridgehead atoms. The van der Waals surface area contributed by atoms with Gasteiger partial charge in [-0.15, -0.1) is 0 Å². The highest BCUT2D eigenvalue weighted by Crippen LogP contribution is 2.33. The van der Waals surface area contributed by atoms with E-state index in [2.05, 4.69) is 45.2 Å². The average Bonchev–Trinajstić information content (AvgIpc) is 3.39. The van der Waals surface area contributed by atoms with Crippen LogP contribution in [0.2, 0.25) is 0 Å². The highest BCUT2D eigenvalue weighted by Gasteiger charge is 2.27. The number of hydrogen-bond donors (Lipinski definition) is 0. The van der Waals surface area contributed by atoms with E-state index >= 15 is 0 Å². The highest BCUT2D eigenvalue weighted by atomic mass is 32.2. The van der Waals surface area contributed by atoms with Gasteiger partial charge in [0.2, 0.25) is 9.84 Å². The van der Waals surface area contributed by atoms with Crippen LogP contribution in [-0.2, 0) is 16.4 Å². The van der Waals surface area contributed by atoms with E-state index in [9.17, 15) is 8.42 Å². The fraction of sp³-hybridized carbons (Fsp3) is 0.219. The van der Waals surface area contributed by atoms with Gasteiger partial charge in [-0.2, -0.15) is 5.10 Å². The monoisotopic (exact) mass is 552 g/mol. The van der Waals surface area contributed by atoms with Crippen molar-refractivity contribution in [2.24, 2.45) is 0 Å². The second-order valence-electron chi connectivity index (χ2n) is 9.91. The number of anilines is 1. The van der Waals surface area contributed by atoms with Crippen LogP contribution in [0.4, 0.5) is 5.69 Å². The zero-order chi connectivity index (χ0) is 27.5. The lowest BCUT2D eigenvalue weighted by molar-refractivity contribution is 0.250. The molecular formula is C32H32N4O3S. The molecule has 0 N–H and O–H groups in total. The molecule has 0 atom stereocenters. The maximum Gasteiger partial charge on any atom is 0.226 e. The molecule has 5 aromatic rings. The maximum atomic E-state index is 13.8. The van der Waals surface area contributed by atoms with Crippen molar-refractivity contribution in [3.8, 4) is 11.4 Å². The molecule has 4 aromatic carbocycles. The summed E-state index contributed by atoms with van der Waals surface area (Å²) in [5.41, 5.74) is 3.83. The van der Waals surface area contributed by atoms with Gasteiger partial charge in [-0.25, -0.2) is 13.1 Å². The van der Waals surface area contributed by atoms with Gasteiger partial charge in [-0.1, -0.05) is 48.5 Å². The van der Waals surface area contributed by atoms with Crippen molar-refractivity contribution in [3.05, 3.63) is 109 Å². The largest absolute Gasteiger partial charge is 0.494 e. The third-order valence-electron chi connectivity index (χ3n) is 7.32. The van der Waals surface area contributed by atoms with Gasteiger partial charge < -0.3 is 9.64 Å². The second-order valence-corrected chi connectivity index (χ2v) is 11.8. The molecule has 8 heteroatoms. The molecule has 2 heterocycles. The normalized spacial score (nSPS) is 14.5. The molecule has 1 aliphatic rings. The number of piperazine rings is 1. The van der Waals surface area contributed by atoms with Gasteiger partial charge in [0.1, 0.15) is 5.75 Å². The van der Waals surface area contributed by atoms with Crippen molar-refractivity contribution in [1.82, 2.24) is 14.7 Å². The standard InChI is InChI=1S/C32H32N4O3S/c1-2-39-28-16-13-26(14-17-28)36-31-18-15-27(35-21-19-34(20-22-35)24-25-9-5-3-6-10-25)23-30(31)32(33-36)40(37,38)29-11-7-4-8-12-29/h3-18,23H,2,19-22,24H2,1H3. The summed E-state index contributed by atoms with van der Waals surface area (Å²) in [6.45, 7) is 7.06. The molecule has 0 unspecified atom stereocenters. The van der Waals surface area contributed by atoms with Crippen molar-refractivity contribution in [2.45, 2.75) is 23.4 Å². The third-order valence-corrected chi connectivity index (χ3v) is 9.02. The Labute approximate surface area is 235 Å². The van der Waals surface area contributed by atoms with Crippen molar-refractivity contribution in [1.29, 1.82) is 0 Å². The fourth-order valence-corrected chi connectivity index (χ4v) is 6.62. The summed E-state index contributed by atoms with van der Waals surface area (Å²) >= 11 is 0. The minimum Gasteiger partial charge on any atom is -0.494 e. The van der Waals surface area contributed by atoms with Gasteiger partial charge in [0, 0.05) is 43.8 Å². The van der Waals surface area contributed by atoms with Crippen LogP contribution in [0, 0.1) is 0 Å². The van der Waals surface area contributed by atoms with E-state index in [0.717, 1.165) is 55.4 Å². The van der Waals surface area contributed by atoms with E-state index < -0.39 is 9.84 Å². The maximum absolute atomic E-state index is 13.8. The average molecular weight is 553 g/mol. The number of benzene rings is 4. The van der Waals surface area contributed by atoms with Crippen molar-refractivity contribution < 1.29 is 13.2 Å². The number of rotatable bonds is 8. The van der Waals surface area contributed by atoms with Gasteiger partial charge in [0.15, 0.2) is 5.03 Å². The lowest BCUT2D eigenvalue weighted by atomic mass is 10.1. The topological polar surface area (TPSA) is 67.7 Å². The van der Waals surface area contributed by atoms with Gasteiger partial charge in [-0.05, 0) is 67.1 Å². The lowest BCUT2D eigenvalue weighted by Crippen LogP contribution is -2.45. The Morgan fingerprint density at radius 1 is 0.775 bits per heavy atom. The van der Waals surface area contributed by atoms with E-state index in [0.29, 0.717) is 12.0 Å². The smallest absolute Gasteiger partial charge is 0.226 e. The Morgan fingerprint density at radius 3 is 2.10 bits per heavy atom. The molecule has 0 radical (unpaired) electrons. The second kappa shape index (κ2) is 11.2. The molecule has 0 aliphatic carbocycles. The van der Waals surface area contributed by atoms with Gasteiger partial charge >= 0.3 is 0 Å². The van der Waals surface area contributed by atoms with Crippen molar-refractivity contribution >= 4 is 26.4 Å². The first-order valence-corrected chi connectivity index (χ1v) is 15.1. The van der Waals surface area contributed by atoms with Crippen molar-refractivity contribution in [3.63, 3.8) is 0 Å². The summed E-state index contributed by atoms with van der Waals surface area (Å²) in [6.07, 6.45) is 0. The number of hydrogen-bond acceptors (Lipinski definition) is 6. The van der Waals surface area contributed by atoms with Crippen molar-refractivity contribution in [2.75, 3.05) is 37.7 Å². The van der Waals surface area contributed by atoms with Crippen LogP contribution < -0.4 is 9.64 Å². The summed E-state index contributed by atoms with van der Waals surface area (Å²) in [7, 11) is -3.84. The highest BCUT2D eigenvalue weighted by molar-refractivity contribution is 7.91. The van der Waals surface area contributed by atoms with Crippen LogP contribution in [0.25, 0.3) is 16.6 Å². The number of aromatic nitrogens is 2. The Kier molecular flexibility index (Phi) is 7.28. The van der Waals surface area contributed by atoms with Crippen LogP contribution in [0.5, 0.6) is 5.75 Å². The molecule has 1 fully saturated rings. The first-order chi connectivity index (χ1) is 19.5. The first kappa shape index (κ1) is 26.1. The van der Waals surface area contributed by atoms with Crippen LogP contribution in [0.1, 0.15) is 12.5 Å².